The lowest BCUT2D eigenvalue weighted by molar-refractivity contribution is -0.116. The molecule has 1 aromatic heterocycles. The molecule has 35 heavy (non-hydrogen) atoms. The van der Waals surface area contributed by atoms with Gasteiger partial charge in [0.2, 0.25) is 5.91 Å². The van der Waals surface area contributed by atoms with E-state index in [1.165, 1.54) is 12.4 Å². The predicted octanol–water partition coefficient (Wildman–Crippen LogP) is 3.81. The fourth-order valence-corrected chi connectivity index (χ4v) is 4.40. The molecule has 0 spiro atoms. The molecule has 0 saturated carbocycles. The summed E-state index contributed by atoms with van der Waals surface area (Å²) < 4.78 is 31.2. The minimum Gasteiger partial charge on any atom is -0.493 e. The van der Waals surface area contributed by atoms with E-state index in [1.807, 2.05) is 0 Å². The van der Waals surface area contributed by atoms with E-state index < -0.39 is 11.7 Å². The van der Waals surface area contributed by atoms with Gasteiger partial charge in [-0.3, -0.25) is 9.69 Å². The van der Waals surface area contributed by atoms with Crippen molar-refractivity contribution in [3.63, 3.8) is 0 Å². The zero-order chi connectivity index (χ0) is 22.8. The third kappa shape index (κ3) is 5.43. The maximum Gasteiger partial charge on any atom is 0.238 e. The van der Waals surface area contributed by atoms with Crippen LogP contribution in [0.5, 0.6) is 11.5 Å². The molecule has 0 radical (unpaired) electrons. The number of carbonyl (C=O) groups is 1. The van der Waals surface area contributed by atoms with E-state index in [-0.39, 0.29) is 36.4 Å². The highest BCUT2D eigenvalue weighted by molar-refractivity contribution is 6.07. The first-order valence-electron chi connectivity index (χ1n) is 11.0. The first-order chi connectivity index (χ1) is 16.2. The largest absolute Gasteiger partial charge is 0.493 e. The van der Waals surface area contributed by atoms with Gasteiger partial charge in [0.15, 0.2) is 11.5 Å². The van der Waals surface area contributed by atoms with Gasteiger partial charge < -0.3 is 19.5 Å². The summed E-state index contributed by atoms with van der Waals surface area (Å²) in [7, 11) is 1.57. The van der Waals surface area contributed by atoms with Gasteiger partial charge in [-0.2, -0.15) is 0 Å². The summed E-state index contributed by atoms with van der Waals surface area (Å²) in [6.45, 7) is 4.92. The standard InChI is InChI=1S/C24H25FN4O4.2ClH/c1-31-19-12-16-18(13-20(19)33-9-3-6-29-7-10-32-11-8-29)26-14-27-23(16)21-15-4-2-5-17(25)22(15)28-24(21)30;;/h2,4-5,12-14,21H,3,6-11H2,1H3,(H,28,30);2*1H. The van der Waals surface area contributed by atoms with Crippen LogP contribution in [0.4, 0.5) is 10.1 Å². The van der Waals surface area contributed by atoms with Crippen LogP contribution in [0.15, 0.2) is 36.7 Å². The number of fused-ring (bicyclic) bond motifs is 2. The Labute approximate surface area is 215 Å². The van der Waals surface area contributed by atoms with Crippen molar-refractivity contribution in [3.05, 3.63) is 53.7 Å². The molecule has 8 nitrogen and oxygen atoms in total. The number of morpholine rings is 1. The molecule has 5 rings (SSSR count). The molecule has 2 aliphatic heterocycles. The van der Waals surface area contributed by atoms with E-state index in [0.717, 1.165) is 39.3 Å². The van der Waals surface area contributed by atoms with Gasteiger partial charge in [0.1, 0.15) is 18.1 Å². The van der Waals surface area contributed by atoms with Gasteiger partial charge in [-0.15, -0.1) is 24.8 Å². The van der Waals surface area contributed by atoms with Gasteiger partial charge in [-0.1, -0.05) is 12.1 Å². The van der Waals surface area contributed by atoms with Crippen LogP contribution >= 0.6 is 24.8 Å². The summed E-state index contributed by atoms with van der Waals surface area (Å²) in [6, 6.07) is 8.23. The molecule has 1 atom stereocenters. The molecular formula is C24H27Cl2FN4O4. The van der Waals surface area contributed by atoms with Crippen LogP contribution in [0, 0.1) is 5.82 Å². The van der Waals surface area contributed by atoms with Crippen LogP contribution in [0.1, 0.15) is 23.6 Å². The molecule has 1 unspecified atom stereocenters. The van der Waals surface area contributed by atoms with E-state index in [4.69, 9.17) is 14.2 Å². The second-order valence-electron chi connectivity index (χ2n) is 8.06. The molecule has 3 aromatic rings. The Morgan fingerprint density at radius 1 is 1.17 bits per heavy atom. The van der Waals surface area contributed by atoms with Crippen LogP contribution in [0.3, 0.4) is 0 Å². The average molecular weight is 525 g/mol. The second kappa shape index (κ2) is 11.8. The SMILES string of the molecule is COc1cc2c(C3C(=O)Nc4c(F)cccc43)ncnc2cc1OCCCN1CCOCC1.Cl.Cl. The molecular weight excluding hydrogens is 498 g/mol. The molecule has 1 saturated heterocycles. The number of methoxy groups -OCH3 is 1. The van der Waals surface area contributed by atoms with E-state index in [9.17, 15) is 9.18 Å². The number of anilines is 1. The van der Waals surface area contributed by atoms with Crippen LogP contribution in [0.25, 0.3) is 10.9 Å². The number of hydrogen-bond donors (Lipinski definition) is 1. The maximum atomic E-state index is 14.2. The van der Waals surface area contributed by atoms with Crippen molar-refractivity contribution in [2.75, 3.05) is 51.9 Å². The second-order valence-corrected chi connectivity index (χ2v) is 8.06. The summed E-state index contributed by atoms with van der Waals surface area (Å²) in [5, 5.41) is 3.30. The maximum absolute atomic E-state index is 14.2. The number of aromatic nitrogens is 2. The van der Waals surface area contributed by atoms with Gasteiger partial charge in [0.25, 0.3) is 0 Å². The smallest absolute Gasteiger partial charge is 0.238 e. The number of carbonyl (C=O) groups excluding carboxylic acids is 1. The van der Waals surface area contributed by atoms with Gasteiger partial charge in [-0.05, 0) is 24.1 Å². The van der Waals surface area contributed by atoms with Crippen molar-refractivity contribution in [2.45, 2.75) is 12.3 Å². The van der Waals surface area contributed by atoms with Crippen molar-refractivity contribution in [3.8, 4) is 11.5 Å². The van der Waals surface area contributed by atoms with Crippen molar-refractivity contribution >= 4 is 47.3 Å². The molecule has 0 aliphatic carbocycles. The zero-order valence-corrected chi connectivity index (χ0v) is 20.8. The normalized spacial score (nSPS) is 17.2. The number of hydrogen-bond acceptors (Lipinski definition) is 7. The highest BCUT2D eigenvalue weighted by Crippen LogP contribution is 2.41. The fourth-order valence-electron chi connectivity index (χ4n) is 4.40. The number of ether oxygens (including phenoxy) is 3. The summed E-state index contributed by atoms with van der Waals surface area (Å²) in [4.78, 5) is 23.9. The molecule has 3 heterocycles. The number of benzene rings is 2. The monoisotopic (exact) mass is 524 g/mol. The molecule has 1 N–H and O–H groups in total. The molecule has 2 aliphatic rings. The van der Waals surface area contributed by atoms with E-state index in [0.29, 0.717) is 40.3 Å². The van der Waals surface area contributed by atoms with E-state index >= 15 is 0 Å². The predicted molar refractivity (Wildman–Crippen MR) is 135 cm³/mol. The van der Waals surface area contributed by atoms with Gasteiger partial charge in [-0.25, -0.2) is 14.4 Å². The summed E-state index contributed by atoms with van der Waals surface area (Å²) in [6.07, 6.45) is 2.29. The molecule has 188 valence electrons. The number of nitrogens with one attached hydrogen (secondary N) is 1. The lowest BCUT2D eigenvalue weighted by Crippen LogP contribution is -2.37. The Morgan fingerprint density at radius 3 is 2.74 bits per heavy atom. The third-order valence-electron chi connectivity index (χ3n) is 6.07. The van der Waals surface area contributed by atoms with Crippen LogP contribution in [-0.4, -0.2) is 67.3 Å². The van der Waals surface area contributed by atoms with Gasteiger partial charge in [0.05, 0.1) is 43.8 Å². The molecule has 2 aromatic carbocycles. The van der Waals surface area contributed by atoms with Crippen LogP contribution in [0.2, 0.25) is 0 Å². The Bertz CT molecular complexity index is 1190. The molecule has 1 amide bonds. The van der Waals surface area contributed by atoms with Crippen LogP contribution < -0.4 is 14.8 Å². The fraction of sp³-hybridized carbons (Fsp3) is 0.375. The number of rotatable bonds is 7. The first-order valence-corrected chi connectivity index (χ1v) is 11.0. The summed E-state index contributed by atoms with van der Waals surface area (Å²) in [5.41, 5.74) is 1.88. The zero-order valence-electron chi connectivity index (χ0n) is 19.2. The van der Waals surface area contributed by atoms with Crippen molar-refractivity contribution < 1.29 is 23.4 Å². The van der Waals surface area contributed by atoms with Gasteiger partial charge in [0, 0.05) is 31.1 Å². The van der Waals surface area contributed by atoms with Gasteiger partial charge >= 0.3 is 0 Å². The minimum atomic E-state index is -0.730. The number of amides is 1. The lowest BCUT2D eigenvalue weighted by Gasteiger charge is -2.26. The number of halogens is 3. The Balaban J connectivity index is 0.00000171. The average Bonchev–Trinajstić information content (AvgIpc) is 3.18. The lowest BCUT2D eigenvalue weighted by atomic mass is 9.94. The van der Waals surface area contributed by atoms with Crippen molar-refractivity contribution in [2.24, 2.45) is 0 Å². The highest BCUT2D eigenvalue weighted by Gasteiger charge is 2.36. The molecule has 11 heteroatoms. The number of nitrogens with zero attached hydrogens (tertiary/aromatic N) is 3. The molecule has 1 fully saturated rings. The third-order valence-corrected chi connectivity index (χ3v) is 6.07. The van der Waals surface area contributed by atoms with E-state index in [2.05, 4.69) is 20.2 Å². The van der Waals surface area contributed by atoms with Crippen molar-refractivity contribution in [1.82, 2.24) is 14.9 Å². The number of para-hydroxylation sites is 1. The topological polar surface area (TPSA) is 85.8 Å². The summed E-state index contributed by atoms with van der Waals surface area (Å²) >= 11 is 0. The highest BCUT2D eigenvalue weighted by atomic mass is 35.5. The van der Waals surface area contributed by atoms with Crippen LogP contribution in [-0.2, 0) is 9.53 Å². The van der Waals surface area contributed by atoms with Crippen molar-refractivity contribution in [1.29, 1.82) is 0 Å². The molecule has 0 bridgehead atoms. The minimum absolute atomic E-state index is 0. The van der Waals surface area contributed by atoms with E-state index in [1.54, 1.807) is 31.4 Å². The Kier molecular flexibility index (Phi) is 9.07. The Morgan fingerprint density at radius 2 is 1.97 bits per heavy atom. The quantitative estimate of drug-likeness (QED) is 0.470. The first kappa shape index (κ1) is 26.9. The summed E-state index contributed by atoms with van der Waals surface area (Å²) in [5.74, 6) is -0.405. The Hall–Kier alpha value is -2.72.